The molecule has 10 nitrogen and oxygen atoms in total. The van der Waals surface area contributed by atoms with Gasteiger partial charge in [-0.2, -0.15) is 0 Å². The van der Waals surface area contributed by atoms with Gasteiger partial charge in [-0.25, -0.2) is 4.79 Å². The molecular weight excluding hydrogens is 334 g/mol. The van der Waals surface area contributed by atoms with Crippen molar-refractivity contribution in [2.45, 2.75) is 57.2 Å². The van der Waals surface area contributed by atoms with Gasteiger partial charge in [-0.3, -0.25) is 0 Å². The number of carbonyl (C=O) groups excluding carboxylic acids is 1. The molecule has 0 aromatic heterocycles. The largest absolute Gasteiger partial charge is 0.510 e. The van der Waals surface area contributed by atoms with Crippen LogP contribution in [0.2, 0.25) is 0 Å². The average molecular weight is 357 g/mol. The molecule has 0 saturated carbocycles. The van der Waals surface area contributed by atoms with Gasteiger partial charge in [0.15, 0.2) is 5.79 Å². The van der Waals surface area contributed by atoms with E-state index in [1.54, 1.807) is 26.8 Å². The van der Waals surface area contributed by atoms with Crippen LogP contribution in [0.3, 0.4) is 0 Å². The quantitative estimate of drug-likeness (QED) is 0.235. The Morgan fingerprint density at radius 2 is 2.28 bits per heavy atom. The summed E-state index contributed by atoms with van der Waals surface area (Å²) in [5.41, 5.74) is 8.91. The van der Waals surface area contributed by atoms with Crippen LogP contribution in [0.4, 0.5) is 4.79 Å². The lowest BCUT2D eigenvalue weighted by molar-refractivity contribution is -0.365. The first kappa shape index (κ1) is 19.5. The minimum absolute atomic E-state index is 0.139. The van der Waals surface area contributed by atoms with E-state index in [0.29, 0.717) is 0 Å². The van der Waals surface area contributed by atoms with Crippen LogP contribution in [0.25, 0.3) is 10.4 Å². The van der Waals surface area contributed by atoms with Crippen molar-refractivity contribution in [3.8, 4) is 0 Å². The summed E-state index contributed by atoms with van der Waals surface area (Å²) in [6, 6.07) is -0.954. The Hall–Kier alpha value is -1.84. The van der Waals surface area contributed by atoms with Crippen molar-refractivity contribution in [2.24, 2.45) is 5.11 Å². The molecule has 0 spiro atoms. The lowest BCUT2D eigenvalue weighted by atomic mass is 9.95. The summed E-state index contributed by atoms with van der Waals surface area (Å²) < 4.78 is 32.9. The average Bonchev–Trinajstić information content (AvgIpc) is 2.55. The molecule has 0 amide bonds. The predicted molar refractivity (Wildman–Crippen MR) is 84.5 cm³/mol. The zero-order valence-corrected chi connectivity index (χ0v) is 14.5. The number of azide groups is 1. The van der Waals surface area contributed by atoms with E-state index in [1.165, 1.54) is 0 Å². The Bertz CT molecular complexity index is 535. The molecule has 25 heavy (non-hydrogen) atoms. The maximum atomic E-state index is 11.7. The first-order valence-corrected chi connectivity index (χ1v) is 7.99. The number of rotatable bonds is 6. The van der Waals surface area contributed by atoms with Gasteiger partial charge in [0.05, 0.1) is 19.8 Å². The summed E-state index contributed by atoms with van der Waals surface area (Å²) in [5, 5.41) is 3.69. The standard InChI is InChI=1S/C15H23N3O7/c1-5-7-21-12-10(17-18-16)13(24-14(19)20-6-2)23-9-8-22-15(3,4)25-11(9)12/h5,9-13H,1,6-8H2,2-4H3/t9-,10+,11-,12-,13+/m1/s1. The summed E-state index contributed by atoms with van der Waals surface area (Å²) in [5.74, 6) is -0.851. The van der Waals surface area contributed by atoms with Gasteiger partial charge >= 0.3 is 6.16 Å². The molecule has 5 atom stereocenters. The van der Waals surface area contributed by atoms with E-state index in [2.05, 4.69) is 16.6 Å². The molecule has 0 aromatic rings. The normalized spacial score (nSPS) is 33.5. The van der Waals surface area contributed by atoms with Crippen LogP contribution in [0.1, 0.15) is 20.8 Å². The molecule has 2 saturated heterocycles. The van der Waals surface area contributed by atoms with Crippen molar-refractivity contribution in [2.75, 3.05) is 19.8 Å². The van der Waals surface area contributed by atoms with Crippen molar-refractivity contribution >= 4 is 6.16 Å². The van der Waals surface area contributed by atoms with Crippen LogP contribution in [-0.2, 0) is 28.4 Å². The summed E-state index contributed by atoms with van der Waals surface area (Å²) in [7, 11) is 0. The molecular formula is C15H23N3O7. The summed E-state index contributed by atoms with van der Waals surface area (Å²) in [6.07, 6.45) is -2.39. The molecule has 10 heteroatoms. The molecule has 2 aliphatic rings. The predicted octanol–water partition coefficient (Wildman–Crippen LogP) is 2.29. The fourth-order valence-corrected chi connectivity index (χ4v) is 2.71. The Kier molecular flexibility index (Phi) is 6.63. The van der Waals surface area contributed by atoms with Gasteiger partial charge in [0.1, 0.15) is 24.4 Å². The molecule has 2 aliphatic heterocycles. The third-order valence-corrected chi connectivity index (χ3v) is 3.70. The molecule has 140 valence electrons. The number of fused-ring (bicyclic) bond motifs is 1. The number of hydrogen-bond donors (Lipinski definition) is 0. The SMILES string of the molecule is C=CCO[C@@H]1[C@H](N=[N+]=[N-])[C@H](OC(=O)OCC)O[C@@H]2COC(C)(C)O[C@@H]12. The Balaban J connectivity index is 2.26. The molecule has 2 heterocycles. The lowest BCUT2D eigenvalue weighted by Crippen LogP contribution is -2.65. The smallest absolute Gasteiger partial charge is 0.435 e. The molecule has 2 rings (SSSR count). The summed E-state index contributed by atoms with van der Waals surface area (Å²) >= 11 is 0. The second-order valence-corrected chi connectivity index (χ2v) is 5.92. The highest BCUT2D eigenvalue weighted by molar-refractivity contribution is 5.60. The van der Waals surface area contributed by atoms with E-state index in [0.717, 1.165) is 0 Å². The van der Waals surface area contributed by atoms with Crippen molar-refractivity contribution in [1.82, 2.24) is 0 Å². The van der Waals surface area contributed by atoms with E-state index in [1.807, 2.05) is 0 Å². The van der Waals surface area contributed by atoms with E-state index in [4.69, 9.17) is 34.0 Å². The highest BCUT2D eigenvalue weighted by Gasteiger charge is 2.53. The Labute approximate surface area is 145 Å². The van der Waals surface area contributed by atoms with Crippen LogP contribution >= 0.6 is 0 Å². The maximum absolute atomic E-state index is 11.7. The maximum Gasteiger partial charge on any atom is 0.510 e. The number of carbonyl (C=O) groups is 1. The molecule has 2 fully saturated rings. The van der Waals surface area contributed by atoms with E-state index < -0.39 is 42.6 Å². The zero-order chi connectivity index (χ0) is 18.4. The van der Waals surface area contributed by atoms with E-state index in [-0.39, 0.29) is 19.8 Å². The minimum atomic E-state index is -1.18. The molecule has 0 unspecified atom stereocenters. The summed E-state index contributed by atoms with van der Waals surface area (Å²) in [6.45, 7) is 9.32. The first-order chi connectivity index (χ1) is 11.9. The molecule has 0 radical (unpaired) electrons. The molecule has 0 N–H and O–H groups in total. The van der Waals surface area contributed by atoms with Gasteiger partial charge in [-0.05, 0) is 26.3 Å². The van der Waals surface area contributed by atoms with Gasteiger partial charge in [0, 0.05) is 4.91 Å². The van der Waals surface area contributed by atoms with Crippen molar-refractivity contribution < 1.29 is 33.2 Å². The van der Waals surface area contributed by atoms with Crippen LogP contribution < -0.4 is 0 Å². The van der Waals surface area contributed by atoms with Crippen LogP contribution in [-0.4, -0.2) is 62.4 Å². The van der Waals surface area contributed by atoms with Gasteiger partial charge in [0.25, 0.3) is 0 Å². The van der Waals surface area contributed by atoms with Gasteiger partial charge < -0.3 is 28.4 Å². The van der Waals surface area contributed by atoms with Crippen LogP contribution in [0.5, 0.6) is 0 Å². The highest BCUT2D eigenvalue weighted by Crippen LogP contribution is 2.35. The van der Waals surface area contributed by atoms with Crippen LogP contribution in [0, 0.1) is 0 Å². The molecule has 0 aliphatic carbocycles. The van der Waals surface area contributed by atoms with Gasteiger partial charge in [0.2, 0.25) is 6.29 Å². The number of hydrogen-bond acceptors (Lipinski definition) is 8. The second kappa shape index (κ2) is 8.50. The third kappa shape index (κ3) is 4.83. The summed E-state index contributed by atoms with van der Waals surface area (Å²) in [4.78, 5) is 14.5. The third-order valence-electron chi connectivity index (χ3n) is 3.70. The van der Waals surface area contributed by atoms with Gasteiger partial charge in [-0.15, -0.1) is 6.58 Å². The minimum Gasteiger partial charge on any atom is -0.435 e. The topological polar surface area (TPSA) is 121 Å². The number of ether oxygens (including phenoxy) is 6. The fraction of sp³-hybridized carbons (Fsp3) is 0.800. The second-order valence-electron chi connectivity index (χ2n) is 5.92. The number of nitrogens with zero attached hydrogens (tertiary/aromatic N) is 3. The fourth-order valence-electron chi connectivity index (χ4n) is 2.71. The van der Waals surface area contributed by atoms with Crippen molar-refractivity contribution in [1.29, 1.82) is 0 Å². The molecule has 0 bridgehead atoms. The van der Waals surface area contributed by atoms with E-state index in [9.17, 15) is 4.79 Å². The monoisotopic (exact) mass is 357 g/mol. The van der Waals surface area contributed by atoms with Gasteiger partial charge in [-0.1, -0.05) is 11.2 Å². The zero-order valence-electron chi connectivity index (χ0n) is 14.5. The molecule has 0 aromatic carbocycles. The van der Waals surface area contributed by atoms with Crippen LogP contribution in [0.15, 0.2) is 17.8 Å². The van der Waals surface area contributed by atoms with E-state index >= 15 is 0 Å². The Morgan fingerprint density at radius 3 is 2.92 bits per heavy atom. The lowest BCUT2D eigenvalue weighted by Gasteiger charge is -2.49. The highest BCUT2D eigenvalue weighted by atomic mass is 16.8. The Morgan fingerprint density at radius 1 is 1.52 bits per heavy atom. The van der Waals surface area contributed by atoms with Crippen molar-refractivity contribution in [3.05, 3.63) is 23.1 Å². The first-order valence-electron chi connectivity index (χ1n) is 7.99. The van der Waals surface area contributed by atoms with Crippen molar-refractivity contribution in [3.63, 3.8) is 0 Å².